The lowest BCUT2D eigenvalue weighted by molar-refractivity contribution is -0.157. The predicted molar refractivity (Wildman–Crippen MR) is 156 cm³/mol. The maximum Gasteiger partial charge on any atom is 0.311 e. The molecule has 0 saturated heterocycles. The van der Waals surface area contributed by atoms with Crippen LogP contribution in [0.5, 0.6) is 5.75 Å². The standard InChI is InChI=1S/C32H40O7S/c1-24(2)22-38-32(33)30(20-21-39-40(4,34)35)31(37-23-26-12-17-29(36-3)18-13-26)19-14-25-10-15-28(16-11-25)27-8-6-5-7-9-27/h5-13,15-18,24,30-31H,14,19-23H2,1-4H3. The summed E-state index contributed by atoms with van der Waals surface area (Å²) in [5.41, 5.74) is 4.32. The van der Waals surface area contributed by atoms with E-state index in [4.69, 9.17) is 18.4 Å². The Morgan fingerprint density at radius 3 is 2.05 bits per heavy atom. The summed E-state index contributed by atoms with van der Waals surface area (Å²) in [6, 6.07) is 26.1. The van der Waals surface area contributed by atoms with Gasteiger partial charge in [0, 0.05) is 0 Å². The average Bonchev–Trinajstić information content (AvgIpc) is 2.95. The molecule has 3 aromatic rings. The van der Waals surface area contributed by atoms with E-state index in [2.05, 4.69) is 36.4 Å². The minimum atomic E-state index is -3.65. The van der Waals surface area contributed by atoms with Crippen molar-refractivity contribution in [2.24, 2.45) is 11.8 Å². The summed E-state index contributed by atoms with van der Waals surface area (Å²) in [5, 5.41) is 0. The second kappa shape index (κ2) is 15.6. The van der Waals surface area contributed by atoms with Crippen LogP contribution in [-0.2, 0) is 41.6 Å². The highest BCUT2D eigenvalue weighted by atomic mass is 32.2. The van der Waals surface area contributed by atoms with Gasteiger partial charge in [0.05, 0.1) is 45.2 Å². The van der Waals surface area contributed by atoms with Gasteiger partial charge in [-0.2, -0.15) is 8.42 Å². The molecule has 0 aliphatic heterocycles. The Kier molecular flexibility index (Phi) is 12.2. The molecule has 0 radical (unpaired) electrons. The number of carbonyl (C=O) groups excluding carboxylic acids is 1. The van der Waals surface area contributed by atoms with Gasteiger partial charge in [-0.25, -0.2) is 0 Å². The number of rotatable bonds is 16. The maximum atomic E-state index is 13.2. The molecule has 0 bridgehead atoms. The highest BCUT2D eigenvalue weighted by Crippen LogP contribution is 2.25. The molecule has 0 spiro atoms. The van der Waals surface area contributed by atoms with Gasteiger partial charge in [0.15, 0.2) is 0 Å². The molecule has 3 rings (SSSR count). The Hall–Kier alpha value is -3.20. The Balaban J connectivity index is 1.78. The number of methoxy groups -OCH3 is 1. The number of hydrogen-bond donors (Lipinski definition) is 0. The first-order valence-electron chi connectivity index (χ1n) is 13.5. The summed E-state index contributed by atoms with van der Waals surface area (Å²) in [5.74, 6) is -0.196. The molecule has 40 heavy (non-hydrogen) atoms. The molecular weight excluding hydrogens is 528 g/mol. The molecule has 216 valence electrons. The fraction of sp³-hybridized carbons (Fsp3) is 0.406. The van der Waals surface area contributed by atoms with E-state index in [-0.39, 0.29) is 32.2 Å². The molecule has 0 aromatic heterocycles. The van der Waals surface area contributed by atoms with Gasteiger partial charge in [-0.3, -0.25) is 8.98 Å². The summed E-state index contributed by atoms with van der Waals surface area (Å²) in [4.78, 5) is 13.2. The average molecular weight is 569 g/mol. The lowest BCUT2D eigenvalue weighted by atomic mass is 9.93. The summed E-state index contributed by atoms with van der Waals surface area (Å²) in [6.45, 7) is 4.35. The van der Waals surface area contributed by atoms with E-state index in [1.165, 1.54) is 0 Å². The Bertz CT molecular complexity index is 1270. The largest absolute Gasteiger partial charge is 0.497 e. The molecule has 0 aliphatic carbocycles. The molecule has 0 amide bonds. The SMILES string of the molecule is COc1ccc(COC(CCc2ccc(-c3ccccc3)cc2)C(CCOS(C)(=O)=O)C(=O)OCC(C)C)cc1. The van der Waals surface area contributed by atoms with Crippen LogP contribution >= 0.6 is 0 Å². The van der Waals surface area contributed by atoms with Crippen LogP contribution in [0.2, 0.25) is 0 Å². The van der Waals surface area contributed by atoms with Crippen LogP contribution in [0.4, 0.5) is 0 Å². The molecule has 8 heteroatoms. The molecule has 0 saturated carbocycles. The molecule has 0 fully saturated rings. The van der Waals surface area contributed by atoms with Crippen molar-refractivity contribution < 1.29 is 31.6 Å². The highest BCUT2D eigenvalue weighted by molar-refractivity contribution is 7.85. The zero-order valence-electron chi connectivity index (χ0n) is 23.7. The third kappa shape index (κ3) is 10.8. The lowest BCUT2D eigenvalue weighted by Crippen LogP contribution is -2.34. The number of esters is 1. The van der Waals surface area contributed by atoms with Gasteiger partial charge < -0.3 is 14.2 Å². The van der Waals surface area contributed by atoms with Crippen LogP contribution < -0.4 is 4.74 Å². The van der Waals surface area contributed by atoms with E-state index in [1.807, 2.05) is 56.3 Å². The second-order valence-corrected chi connectivity index (χ2v) is 11.9. The highest BCUT2D eigenvalue weighted by Gasteiger charge is 2.31. The summed E-state index contributed by atoms with van der Waals surface area (Å²) in [6.07, 6.45) is 1.85. The van der Waals surface area contributed by atoms with Crippen molar-refractivity contribution >= 4 is 16.1 Å². The van der Waals surface area contributed by atoms with Crippen LogP contribution in [0.3, 0.4) is 0 Å². The first-order chi connectivity index (χ1) is 19.1. The van der Waals surface area contributed by atoms with E-state index in [1.54, 1.807) is 7.11 Å². The van der Waals surface area contributed by atoms with Crippen molar-refractivity contribution in [3.63, 3.8) is 0 Å². The lowest BCUT2D eigenvalue weighted by Gasteiger charge is -2.27. The van der Waals surface area contributed by atoms with E-state index < -0.39 is 28.1 Å². The van der Waals surface area contributed by atoms with Gasteiger partial charge in [-0.15, -0.1) is 0 Å². The summed E-state index contributed by atoms with van der Waals surface area (Å²) >= 11 is 0. The Morgan fingerprint density at radius 1 is 0.825 bits per heavy atom. The fourth-order valence-electron chi connectivity index (χ4n) is 4.27. The van der Waals surface area contributed by atoms with E-state index >= 15 is 0 Å². The second-order valence-electron chi connectivity index (χ2n) is 10.2. The monoisotopic (exact) mass is 568 g/mol. The number of ether oxygens (including phenoxy) is 3. The van der Waals surface area contributed by atoms with Gasteiger partial charge in [-0.1, -0.05) is 80.6 Å². The van der Waals surface area contributed by atoms with Crippen molar-refractivity contribution in [3.8, 4) is 16.9 Å². The summed E-state index contributed by atoms with van der Waals surface area (Å²) in [7, 11) is -2.03. The molecule has 2 atom stereocenters. The van der Waals surface area contributed by atoms with Crippen molar-refractivity contribution in [2.45, 2.75) is 45.8 Å². The van der Waals surface area contributed by atoms with Crippen LogP contribution in [0.25, 0.3) is 11.1 Å². The smallest absolute Gasteiger partial charge is 0.311 e. The number of carbonyl (C=O) groups is 1. The first kappa shape index (κ1) is 31.3. The molecule has 0 aliphatic rings. The van der Waals surface area contributed by atoms with Gasteiger partial charge >= 0.3 is 5.97 Å². The third-order valence-electron chi connectivity index (χ3n) is 6.44. The van der Waals surface area contributed by atoms with E-state index in [9.17, 15) is 13.2 Å². The van der Waals surface area contributed by atoms with Crippen LogP contribution in [0.1, 0.15) is 37.8 Å². The minimum Gasteiger partial charge on any atom is -0.497 e. The molecule has 0 N–H and O–H groups in total. The van der Waals surface area contributed by atoms with Crippen LogP contribution in [-0.4, -0.2) is 47.1 Å². The zero-order chi connectivity index (χ0) is 29.0. The number of benzene rings is 3. The van der Waals surface area contributed by atoms with Gasteiger partial charge in [0.2, 0.25) is 0 Å². The number of hydrogen-bond acceptors (Lipinski definition) is 7. The van der Waals surface area contributed by atoms with Crippen molar-refractivity contribution in [3.05, 3.63) is 90.0 Å². The topological polar surface area (TPSA) is 88.1 Å². The first-order valence-corrected chi connectivity index (χ1v) is 15.4. The van der Waals surface area contributed by atoms with Crippen LogP contribution in [0, 0.1) is 11.8 Å². The Morgan fingerprint density at radius 2 is 1.45 bits per heavy atom. The van der Waals surface area contributed by atoms with Crippen molar-refractivity contribution in [2.75, 3.05) is 26.6 Å². The molecule has 2 unspecified atom stereocenters. The van der Waals surface area contributed by atoms with E-state index in [0.717, 1.165) is 34.3 Å². The Labute approximate surface area is 238 Å². The normalized spacial score (nSPS) is 13.1. The fourth-order valence-corrected chi connectivity index (χ4v) is 4.67. The number of aryl methyl sites for hydroxylation is 1. The van der Waals surface area contributed by atoms with Gasteiger partial charge in [0.1, 0.15) is 5.75 Å². The third-order valence-corrected chi connectivity index (χ3v) is 7.03. The van der Waals surface area contributed by atoms with Crippen LogP contribution in [0.15, 0.2) is 78.9 Å². The molecule has 7 nitrogen and oxygen atoms in total. The molecule has 3 aromatic carbocycles. The minimum absolute atomic E-state index is 0.131. The maximum absolute atomic E-state index is 13.2. The van der Waals surface area contributed by atoms with Gasteiger partial charge in [-0.05, 0) is 59.6 Å². The van der Waals surface area contributed by atoms with Crippen molar-refractivity contribution in [1.82, 2.24) is 0 Å². The molecule has 0 heterocycles. The van der Waals surface area contributed by atoms with Gasteiger partial charge in [0.25, 0.3) is 10.1 Å². The summed E-state index contributed by atoms with van der Waals surface area (Å²) < 4.78 is 45.3. The zero-order valence-corrected chi connectivity index (χ0v) is 24.6. The molecular formula is C32H40O7S. The van der Waals surface area contributed by atoms with E-state index in [0.29, 0.717) is 12.8 Å². The quantitative estimate of drug-likeness (QED) is 0.153. The van der Waals surface area contributed by atoms with Crippen molar-refractivity contribution in [1.29, 1.82) is 0 Å². The predicted octanol–water partition coefficient (Wildman–Crippen LogP) is 6.06.